The molecule has 0 radical (unpaired) electrons. The van der Waals surface area contributed by atoms with Gasteiger partial charge in [-0.2, -0.15) is 0 Å². The summed E-state index contributed by atoms with van der Waals surface area (Å²) in [6, 6.07) is 14.6. The van der Waals surface area contributed by atoms with E-state index in [1.54, 1.807) is 24.3 Å². The van der Waals surface area contributed by atoms with Gasteiger partial charge in [0.05, 0.1) is 11.5 Å². The lowest BCUT2D eigenvalue weighted by Crippen LogP contribution is -2.20. The summed E-state index contributed by atoms with van der Waals surface area (Å²) in [5, 5.41) is 6.07. The van der Waals surface area contributed by atoms with E-state index in [-0.39, 0.29) is 23.5 Å². The van der Waals surface area contributed by atoms with Gasteiger partial charge >= 0.3 is 0 Å². The van der Waals surface area contributed by atoms with Crippen LogP contribution < -0.4 is 10.6 Å². The Kier molecular flexibility index (Phi) is 4.57. The molecular formula is C18H20N2O3S. The maximum absolute atomic E-state index is 12.2. The zero-order chi connectivity index (χ0) is 17.2. The Morgan fingerprint density at radius 3 is 2.21 bits per heavy atom. The number of rotatable bonds is 4. The minimum atomic E-state index is -2.89. The predicted octanol–water partition coefficient (Wildman–Crippen LogP) is 2.85. The highest BCUT2D eigenvalue weighted by Crippen LogP contribution is 2.20. The van der Waals surface area contributed by atoms with E-state index in [4.69, 9.17) is 0 Å². The summed E-state index contributed by atoms with van der Waals surface area (Å²) < 4.78 is 22.9. The lowest BCUT2D eigenvalue weighted by Gasteiger charge is -2.13. The van der Waals surface area contributed by atoms with Gasteiger partial charge < -0.3 is 10.6 Å². The van der Waals surface area contributed by atoms with Gasteiger partial charge in [-0.1, -0.05) is 17.7 Å². The maximum Gasteiger partial charge on any atom is 0.255 e. The van der Waals surface area contributed by atoms with E-state index >= 15 is 0 Å². The van der Waals surface area contributed by atoms with Gasteiger partial charge in [-0.05, 0) is 49.7 Å². The molecule has 2 aromatic rings. The predicted molar refractivity (Wildman–Crippen MR) is 96.3 cm³/mol. The molecule has 0 aromatic heterocycles. The molecule has 1 heterocycles. The zero-order valence-corrected chi connectivity index (χ0v) is 14.3. The summed E-state index contributed by atoms with van der Waals surface area (Å²) in [5.41, 5.74) is 3.27. The summed E-state index contributed by atoms with van der Waals surface area (Å²) in [7, 11) is -2.89. The molecule has 0 bridgehead atoms. The quantitative estimate of drug-likeness (QED) is 0.894. The van der Waals surface area contributed by atoms with Gasteiger partial charge in [0.2, 0.25) is 0 Å². The molecule has 1 fully saturated rings. The molecule has 1 aliphatic heterocycles. The number of anilines is 2. The van der Waals surface area contributed by atoms with Crippen LogP contribution in [0, 0.1) is 6.92 Å². The second kappa shape index (κ2) is 6.65. The Morgan fingerprint density at radius 1 is 1.00 bits per heavy atom. The van der Waals surface area contributed by atoms with Crippen LogP contribution in [-0.4, -0.2) is 31.9 Å². The minimum absolute atomic E-state index is 0.0389. The van der Waals surface area contributed by atoms with Gasteiger partial charge in [-0.3, -0.25) is 4.79 Å². The van der Waals surface area contributed by atoms with Crippen molar-refractivity contribution in [3.05, 3.63) is 59.7 Å². The van der Waals surface area contributed by atoms with Crippen LogP contribution in [0.4, 0.5) is 11.4 Å². The fraction of sp³-hybridized carbons (Fsp3) is 0.278. The highest BCUT2D eigenvalue weighted by molar-refractivity contribution is 7.91. The van der Waals surface area contributed by atoms with Crippen molar-refractivity contribution >= 4 is 27.1 Å². The number of carbonyl (C=O) groups is 1. The van der Waals surface area contributed by atoms with Gasteiger partial charge in [0.15, 0.2) is 9.84 Å². The molecule has 24 heavy (non-hydrogen) atoms. The number of sulfone groups is 1. The fourth-order valence-electron chi connectivity index (χ4n) is 2.70. The van der Waals surface area contributed by atoms with Crippen LogP contribution >= 0.6 is 0 Å². The van der Waals surface area contributed by atoms with Gasteiger partial charge in [0, 0.05) is 23.0 Å². The van der Waals surface area contributed by atoms with E-state index in [2.05, 4.69) is 10.6 Å². The van der Waals surface area contributed by atoms with Crippen molar-refractivity contribution < 1.29 is 13.2 Å². The Labute approximate surface area is 142 Å². The van der Waals surface area contributed by atoms with Crippen LogP contribution in [0.15, 0.2) is 48.5 Å². The largest absolute Gasteiger partial charge is 0.381 e. The Morgan fingerprint density at radius 2 is 1.62 bits per heavy atom. The van der Waals surface area contributed by atoms with E-state index in [0.717, 1.165) is 11.3 Å². The summed E-state index contributed by atoms with van der Waals surface area (Å²) in [6.07, 6.45) is 0.633. The molecule has 126 valence electrons. The summed E-state index contributed by atoms with van der Waals surface area (Å²) in [6.45, 7) is 1.98. The number of hydrogen-bond acceptors (Lipinski definition) is 4. The van der Waals surface area contributed by atoms with E-state index in [9.17, 15) is 13.2 Å². The van der Waals surface area contributed by atoms with E-state index in [1.165, 1.54) is 0 Å². The molecule has 6 heteroatoms. The lowest BCUT2D eigenvalue weighted by molar-refractivity contribution is 0.102. The van der Waals surface area contributed by atoms with Crippen LogP contribution in [0.1, 0.15) is 22.3 Å². The Hall–Kier alpha value is -2.34. The van der Waals surface area contributed by atoms with E-state index < -0.39 is 9.84 Å². The smallest absolute Gasteiger partial charge is 0.255 e. The second-order valence-corrected chi connectivity index (χ2v) is 8.37. The van der Waals surface area contributed by atoms with Crippen LogP contribution in [0.25, 0.3) is 0 Å². The third kappa shape index (κ3) is 4.14. The second-order valence-electron chi connectivity index (χ2n) is 6.14. The maximum atomic E-state index is 12.2. The van der Waals surface area contributed by atoms with Crippen molar-refractivity contribution in [1.29, 1.82) is 0 Å². The molecule has 0 saturated carbocycles. The molecule has 1 amide bonds. The summed E-state index contributed by atoms with van der Waals surface area (Å²) in [5.74, 6) is 0.270. The SMILES string of the molecule is Cc1ccc(C(=O)Nc2ccc(NC3CCS(=O)(=O)C3)cc2)cc1. The van der Waals surface area contributed by atoms with Gasteiger partial charge in [-0.15, -0.1) is 0 Å². The number of amides is 1. The van der Waals surface area contributed by atoms with Crippen LogP contribution in [0.3, 0.4) is 0 Å². The van der Waals surface area contributed by atoms with Crippen molar-refractivity contribution in [1.82, 2.24) is 0 Å². The normalized spacial score (nSPS) is 19.0. The van der Waals surface area contributed by atoms with Crippen molar-refractivity contribution in [3.8, 4) is 0 Å². The van der Waals surface area contributed by atoms with Gasteiger partial charge in [0.25, 0.3) is 5.91 Å². The number of carbonyl (C=O) groups excluding carboxylic acids is 1. The van der Waals surface area contributed by atoms with Gasteiger partial charge in [-0.25, -0.2) is 8.42 Å². The van der Waals surface area contributed by atoms with Gasteiger partial charge in [0.1, 0.15) is 0 Å². The first-order chi connectivity index (χ1) is 11.4. The van der Waals surface area contributed by atoms with Crippen LogP contribution in [0.2, 0.25) is 0 Å². The summed E-state index contributed by atoms with van der Waals surface area (Å²) in [4.78, 5) is 12.2. The number of benzene rings is 2. The number of aryl methyl sites for hydroxylation is 1. The molecule has 2 aromatic carbocycles. The molecule has 1 unspecified atom stereocenters. The molecule has 1 aliphatic rings. The van der Waals surface area contributed by atoms with Crippen molar-refractivity contribution in [2.24, 2.45) is 0 Å². The highest BCUT2D eigenvalue weighted by Gasteiger charge is 2.27. The molecule has 0 aliphatic carbocycles. The first-order valence-electron chi connectivity index (χ1n) is 7.86. The third-order valence-electron chi connectivity index (χ3n) is 4.06. The molecule has 5 nitrogen and oxygen atoms in total. The first kappa shape index (κ1) is 16.5. The monoisotopic (exact) mass is 344 g/mol. The molecule has 0 spiro atoms. The first-order valence-corrected chi connectivity index (χ1v) is 9.68. The van der Waals surface area contributed by atoms with Crippen molar-refractivity contribution in [3.63, 3.8) is 0 Å². The lowest BCUT2D eigenvalue weighted by atomic mass is 10.1. The summed E-state index contributed by atoms with van der Waals surface area (Å²) >= 11 is 0. The van der Waals surface area contributed by atoms with E-state index in [1.807, 2.05) is 31.2 Å². The fourth-order valence-corrected chi connectivity index (χ4v) is 4.38. The average Bonchev–Trinajstić information content (AvgIpc) is 2.88. The van der Waals surface area contributed by atoms with Crippen LogP contribution in [-0.2, 0) is 9.84 Å². The Balaban J connectivity index is 1.60. The Bertz CT molecular complexity index is 828. The molecule has 3 rings (SSSR count). The van der Waals surface area contributed by atoms with E-state index in [0.29, 0.717) is 17.7 Å². The number of nitrogens with one attached hydrogen (secondary N) is 2. The molecule has 1 saturated heterocycles. The molecule has 1 atom stereocenters. The minimum Gasteiger partial charge on any atom is -0.381 e. The average molecular weight is 344 g/mol. The van der Waals surface area contributed by atoms with Crippen molar-refractivity contribution in [2.75, 3.05) is 22.1 Å². The third-order valence-corrected chi connectivity index (χ3v) is 5.83. The standard InChI is InChI=1S/C18H20N2O3S/c1-13-2-4-14(5-3-13)18(21)20-16-8-6-15(7-9-16)19-17-10-11-24(22,23)12-17/h2-9,17,19H,10-12H2,1H3,(H,20,21). The zero-order valence-electron chi connectivity index (χ0n) is 13.5. The molecular weight excluding hydrogens is 324 g/mol. The topological polar surface area (TPSA) is 75.3 Å². The molecule has 2 N–H and O–H groups in total. The number of hydrogen-bond donors (Lipinski definition) is 2. The van der Waals surface area contributed by atoms with Crippen LogP contribution in [0.5, 0.6) is 0 Å². The van der Waals surface area contributed by atoms with Crippen molar-refractivity contribution in [2.45, 2.75) is 19.4 Å². The highest BCUT2D eigenvalue weighted by atomic mass is 32.2.